The summed E-state index contributed by atoms with van der Waals surface area (Å²) >= 11 is 0. The minimum Gasteiger partial charge on any atom is -0.343 e. The maximum Gasteiger partial charge on any atom is 0.270 e. The zero-order chi connectivity index (χ0) is 23.5. The Balaban J connectivity index is 1.49. The molecule has 0 radical (unpaired) electrons. The Morgan fingerprint density at radius 2 is 1.53 bits per heavy atom. The molecule has 172 valence electrons. The average Bonchev–Trinajstić information content (AvgIpc) is 3.35. The fourth-order valence-corrected chi connectivity index (χ4v) is 5.03. The SMILES string of the molecule is O=c1c2c(n(CCN(Cc3ccccc3)Cc3ccccc3)c3ccc([N+](=O)[O-])cc13)CCC2. The van der Waals surface area contributed by atoms with Gasteiger partial charge in [0.05, 0.1) is 15.8 Å². The fourth-order valence-electron chi connectivity index (χ4n) is 5.03. The van der Waals surface area contributed by atoms with E-state index in [0.717, 1.165) is 62.2 Å². The largest absolute Gasteiger partial charge is 0.343 e. The second-order valence-electron chi connectivity index (χ2n) is 8.90. The van der Waals surface area contributed by atoms with Crippen LogP contribution in [0.3, 0.4) is 0 Å². The zero-order valence-corrected chi connectivity index (χ0v) is 19.0. The van der Waals surface area contributed by atoms with Crippen molar-refractivity contribution in [1.29, 1.82) is 0 Å². The number of rotatable bonds is 8. The van der Waals surface area contributed by atoms with Crippen LogP contribution in [-0.4, -0.2) is 20.9 Å². The van der Waals surface area contributed by atoms with Crippen molar-refractivity contribution in [2.75, 3.05) is 6.54 Å². The van der Waals surface area contributed by atoms with Crippen molar-refractivity contribution in [3.05, 3.63) is 122 Å². The summed E-state index contributed by atoms with van der Waals surface area (Å²) in [5.74, 6) is 0. The Kier molecular flexibility index (Phi) is 6.23. The lowest BCUT2D eigenvalue weighted by molar-refractivity contribution is -0.384. The summed E-state index contributed by atoms with van der Waals surface area (Å²) in [6, 6.07) is 25.6. The molecule has 0 N–H and O–H groups in total. The molecule has 5 rings (SSSR count). The predicted octanol–water partition coefficient (Wildman–Crippen LogP) is 5.10. The summed E-state index contributed by atoms with van der Waals surface area (Å²) in [6.45, 7) is 3.16. The van der Waals surface area contributed by atoms with Gasteiger partial charge in [-0.2, -0.15) is 0 Å². The van der Waals surface area contributed by atoms with E-state index < -0.39 is 4.92 Å². The van der Waals surface area contributed by atoms with Crippen molar-refractivity contribution < 1.29 is 4.92 Å². The number of non-ortho nitro benzene ring substituents is 1. The first-order valence-corrected chi connectivity index (χ1v) is 11.7. The molecule has 0 saturated carbocycles. The number of fused-ring (bicyclic) bond motifs is 2. The highest BCUT2D eigenvalue weighted by atomic mass is 16.6. The number of aromatic nitrogens is 1. The molecule has 0 atom stereocenters. The van der Waals surface area contributed by atoms with E-state index >= 15 is 0 Å². The highest BCUT2D eigenvalue weighted by molar-refractivity contribution is 5.83. The quantitative estimate of drug-likeness (QED) is 0.275. The molecule has 0 saturated heterocycles. The number of benzene rings is 3. The van der Waals surface area contributed by atoms with Gasteiger partial charge < -0.3 is 4.57 Å². The van der Waals surface area contributed by atoms with Crippen LogP contribution >= 0.6 is 0 Å². The van der Waals surface area contributed by atoms with Crippen molar-refractivity contribution in [2.24, 2.45) is 0 Å². The highest BCUT2D eigenvalue weighted by Gasteiger charge is 2.23. The Morgan fingerprint density at radius 1 is 0.882 bits per heavy atom. The molecule has 4 aromatic rings. The van der Waals surface area contributed by atoms with E-state index in [2.05, 4.69) is 58.0 Å². The van der Waals surface area contributed by atoms with Gasteiger partial charge in [-0.25, -0.2) is 0 Å². The third kappa shape index (κ3) is 4.50. The van der Waals surface area contributed by atoms with Gasteiger partial charge in [0.1, 0.15) is 0 Å². The Bertz CT molecular complexity index is 1340. The first-order chi connectivity index (χ1) is 16.6. The van der Waals surface area contributed by atoms with Gasteiger partial charge >= 0.3 is 0 Å². The second kappa shape index (κ2) is 9.61. The average molecular weight is 454 g/mol. The van der Waals surface area contributed by atoms with E-state index in [1.165, 1.54) is 23.3 Å². The number of nitro benzene ring substituents is 1. The number of pyridine rings is 1. The molecule has 1 heterocycles. The summed E-state index contributed by atoms with van der Waals surface area (Å²) in [7, 11) is 0. The Labute approximate surface area is 198 Å². The first kappa shape index (κ1) is 22.0. The third-order valence-electron chi connectivity index (χ3n) is 6.65. The van der Waals surface area contributed by atoms with Gasteiger partial charge in [-0.1, -0.05) is 60.7 Å². The number of nitrogens with zero attached hydrogens (tertiary/aromatic N) is 3. The Hall–Kier alpha value is -3.77. The second-order valence-corrected chi connectivity index (χ2v) is 8.90. The van der Waals surface area contributed by atoms with Crippen LogP contribution < -0.4 is 5.43 Å². The summed E-state index contributed by atoms with van der Waals surface area (Å²) in [4.78, 5) is 26.4. The molecule has 0 amide bonds. The van der Waals surface area contributed by atoms with Gasteiger partial charge in [0.25, 0.3) is 5.69 Å². The van der Waals surface area contributed by atoms with Crippen LogP contribution in [0.4, 0.5) is 5.69 Å². The summed E-state index contributed by atoms with van der Waals surface area (Å²) < 4.78 is 2.23. The molecule has 3 aromatic carbocycles. The molecule has 34 heavy (non-hydrogen) atoms. The summed E-state index contributed by atoms with van der Waals surface area (Å²) in [6.07, 6.45) is 2.56. The van der Waals surface area contributed by atoms with Gasteiger partial charge in [0, 0.05) is 49.6 Å². The van der Waals surface area contributed by atoms with E-state index in [1.54, 1.807) is 6.07 Å². The molecule has 0 aliphatic heterocycles. The van der Waals surface area contributed by atoms with Gasteiger partial charge in [-0.15, -0.1) is 0 Å². The Morgan fingerprint density at radius 3 is 2.15 bits per heavy atom. The van der Waals surface area contributed by atoms with Gasteiger partial charge in [0.2, 0.25) is 0 Å². The normalized spacial score (nSPS) is 12.9. The van der Waals surface area contributed by atoms with Crippen molar-refractivity contribution in [3.8, 4) is 0 Å². The lowest BCUT2D eigenvalue weighted by Crippen LogP contribution is -2.28. The molecule has 1 aromatic heterocycles. The lowest BCUT2D eigenvalue weighted by Gasteiger charge is -2.25. The molecule has 6 nitrogen and oxygen atoms in total. The van der Waals surface area contributed by atoms with Crippen molar-refractivity contribution in [1.82, 2.24) is 9.47 Å². The van der Waals surface area contributed by atoms with Crippen molar-refractivity contribution in [3.63, 3.8) is 0 Å². The summed E-state index contributed by atoms with van der Waals surface area (Å²) in [5.41, 5.74) is 5.12. The monoisotopic (exact) mass is 453 g/mol. The van der Waals surface area contributed by atoms with Crippen molar-refractivity contribution >= 4 is 16.6 Å². The molecular weight excluding hydrogens is 426 g/mol. The highest BCUT2D eigenvalue weighted by Crippen LogP contribution is 2.27. The van der Waals surface area contributed by atoms with E-state index in [0.29, 0.717) is 5.39 Å². The maximum absolute atomic E-state index is 13.1. The predicted molar refractivity (Wildman–Crippen MR) is 134 cm³/mol. The first-order valence-electron chi connectivity index (χ1n) is 11.7. The number of nitro groups is 1. The van der Waals surface area contributed by atoms with Crippen LogP contribution in [-0.2, 0) is 32.5 Å². The topological polar surface area (TPSA) is 68.4 Å². The van der Waals surface area contributed by atoms with E-state index in [9.17, 15) is 14.9 Å². The molecular formula is C28H27N3O3. The van der Waals surface area contributed by atoms with Crippen LogP contribution in [0.25, 0.3) is 10.9 Å². The molecule has 0 bridgehead atoms. The van der Waals surface area contributed by atoms with Gasteiger partial charge in [-0.3, -0.25) is 19.8 Å². The third-order valence-corrected chi connectivity index (χ3v) is 6.65. The standard InChI is InChI=1S/C28H27N3O3/c32-28-24-12-7-13-26(24)30(27-15-14-23(31(33)34)18-25(27)28)17-16-29(19-21-8-3-1-4-9-21)20-22-10-5-2-6-11-22/h1-6,8-11,14-15,18H,7,12-13,16-17,19-20H2. The smallest absolute Gasteiger partial charge is 0.270 e. The van der Waals surface area contributed by atoms with E-state index in [-0.39, 0.29) is 11.1 Å². The van der Waals surface area contributed by atoms with Crippen LogP contribution in [0, 0.1) is 10.1 Å². The fraction of sp³-hybridized carbons (Fsp3) is 0.250. The maximum atomic E-state index is 13.1. The lowest BCUT2D eigenvalue weighted by atomic mass is 10.1. The van der Waals surface area contributed by atoms with E-state index in [4.69, 9.17) is 0 Å². The van der Waals surface area contributed by atoms with Crippen LogP contribution in [0.15, 0.2) is 83.7 Å². The number of hydrogen-bond acceptors (Lipinski definition) is 4. The molecule has 0 spiro atoms. The minimum atomic E-state index is -0.433. The van der Waals surface area contributed by atoms with Gasteiger partial charge in [-0.05, 0) is 36.5 Å². The molecule has 6 heteroatoms. The summed E-state index contributed by atoms with van der Waals surface area (Å²) in [5, 5.41) is 11.8. The van der Waals surface area contributed by atoms with E-state index in [1.807, 2.05) is 12.1 Å². The van der Waals surface area contributed by atoms with Crippen LogP contribution in [0.5, 0.6) is 0 Å². The minimum absolute atomic E-state index is 0.0381. The zero-order valence-electron chi connectivity index (χ0n) is 19.0. The molecule has 0 fully saturated rings. The van der Waals surface area contributed by atoms with Crippen molar-refractivity contribution in [2.45, 2.75) is 38.9 Å². The molecule has 1 aliphatic carbocycles. The van der Waals surface area contributed by atoms with Gasteiger partial charge in [0.15, 0.2) is 5.43 Å². The van der Waals surface area contributed by atoms with Crippen LogP contribution in [0.1, 0.15) is 28.8 Å². The number of hydrogen-bond donors (Lipinski definition) is 0. The van der Waals surface area contributed by atoms with Crippen LogP contribution in [0.2, 0.25) is 0 Å². The molecule has 0 unspecified atom stereocenters. The molecule has 1 aliphatic rings.